The lowest BCUT2D eigenvalue weighted by Crippen LogP contribution is -2.60. The van der Waals surface area contributed by atoms with Crippen LogP contribution in [0.3, 0.4) is 0 Å². The smallest absolute Gasteiger partial charge is 0.0677 e. The molecule has 0 aromatic heterocycles. The first-order valence-corrected chi connectivity index (χ1v) is 6.46. The Hall–Kier alpha value is -0.900. The van der Waals surface area contributed by atoms with E-state index in [2.05, 4.69) is 34.5 Å². The average molecular weight is 232 g/mol. The fourth-order valence-electron chi connectivity index (χ4n) is 2.98. The summed E-state index contributed by atoms with van der Waals surface area (Å²) in [5.41, 5.74) is 2.95. The van der Waals surface area contributed by atoms with Crippen LogP contribution in [0.5, 0.6) is 0 Å². The molecule has 3 nitrogen and oxygen atoms in total. The second kappa shape index (κ2) is 4.41. The number of aliphatic hydroxyl groups is 1. The quantitative estimate of drug-likeness (QED) is 0.750. The Labute approximate surface area is 102 Å². The summed E-state index contributed by atoms with van der Waals surface area (Å²) >= 11 is 0. The highest BCUT2D eigenvalue weighted by Gasteiger charge is 2.33. The average Bonchev–Trinajstić information content (AvgIpc) is 2.35. The van der Waals surface area contributed by atoms with Crippen molar-refractivity contribution < 1.29 is 5.11 Å². The predicted molar refractivity (Wildman–Crippen MR) is 67.8 cm³/mol. The zero-order valence-electron chi connectivity index (χ0n) is 10.3. The third kappa shape index (κ3) is 2.10. The summed E-state index contributed by atoms with van der Waals surface area (Å²) < 4.78 is 0. The second-order valence-corrected chi connectivity index (χ2v) is 5.31. The maximum Gasteiger partial charge on any atom is 0.0677 e. The Balaban J connectivity index is 1.78. The van der Waals surface area contributed by atoms with E-state index in [0.29, 0.717) is 6.04 Å². The van der Waals surface area contributed by atoms with E-state index in [1.54, 1.807) is 0 Å². The molecule has 1 fully saturated rings. The van der Waals surface area contributed by atoms with Gasteiger partial charge in [-0.2, -0.15) is 0 Å². The summed E-state index contributed by atoms with van der Waals surface area (Å²) in [6.45, 7) is 4.85. The molecular formula is C14H20N2O. The zero-order valence-corrected chi connectivity index (χ0v) is 10.3. The fraction of sp³-hybridized carbons (Fsp3) is 0.571. The summed E-state index contributed by atoms with van der Waals surface area (Å²) in [6.07, 6.45) is 0.864. The molecule has 0 amide bonds. The Bertz CT molecular complexity index is 405. The van der Waals surface area contributed by atoms with Crippen LogP contribution in [0.25, 0.3) is 0 Å². The Morgan fingerprint density at radius 1 is 1.35 bits per heavy atom. The number of hydrogen-bond acceptors (Lipinski definition) is 3. The SMILES string of the molecule is C[C@H](O)[C@H]1CN2Cc3ccccc3C[C@H]2CN1. The Morgan fingerprint density at radius 3 is 2.88 bits per heavy atom. The van der Waals surface area contributed by atoms with Gasteiger partial charge in [-0.25, -0.2) is 0 Å². The van der Waals surface area contributed by atoms with Gasteiger partial charge < -0.3 is 10.4 Å². The number of fused-ring (bicyclic) bond motifs is 2. The van der Waals surface area contributed by atoms with Gasteiger partial charge in [-0.15, -0.1) is 0 Å². The summed E-state index contributed by atoms with van der Waals surface area (Å²) in [5.74, 6) is 0. The summed E-state index contributed by atoms with van der Waals surface area (Å²) in [6, 6.07) is 9.53. The molecule has 0 saturated carbocycles. The molecule has 2 heterocycles. The monoisotopic (exact) mass is 232 g/mol. The number of aliphatic hydroxyl groups excluding tert-OH is 1. The molecule has 3 rings (SSSR count). The first kappa shape index (κ1) is 11.2. The van der Waals surface area contributed by atoms with E-state index in [-0.39, 0.29) is 12.1 Å². The van der Waals surface area contributed by atoms with E-state index in [4.69, 9.17) is 0 Å². The minimum atomic E-state index is -0.270. The Morgan fingerprint density at radius 2 is 2.12 bits per heavy atom. The number of hydrogen-bond donors (Lipinski definition) is 2. The molecule has 0 bridgehead atoms. The highest BCUT2D eigenvalue weighted by molar-refractivity contribution is 5.30. The first-order chi connectivity index (χ1) is 8.24. The van der Waals surface area contributed by atoms with Crippen molar-refractivity contribution in [2.75, 3.05) is 13.1 Å². The molecule has 2 N–H and O–H groups in total. The minimum Gasteiger partial charge on any atom is -0.392 e. The van der Waals surface area contributed by atoms with Crippen molar-refractivity contribution >= 4 is 0 Å². The largest absolute Gasteiger partial charge is 0.392 e. The van der Waals surface area contributed by atoms with Gasteiger partial charge in [0.1, 0.15) is 0 Å². The lowest BCUT2D eigenvalue weighted by atomic mass is 9.91. The number of benzene rings is 1. The normalized spacial score (nSPS) is 30.5. The van der Waals surface area contributed by atoms with Crippen molar-refractivity contribution in [1.29, 1.82) is 0 Å². The molecule has 0 radical (unpaired) electrons. The molecule has 1 aromatic carbocycles. The number of nitrogens with zero attached hydrogens (tertiary/aromatic N) is 1. The first-order valence-electron chi connectivity index (χ1n) is 6.46. The third-order valence-electron chi connectivity index (χ3n) is 4.09. The number of rotatable bonds is 1. The maximum absolute atomic E-state index is 9.67. The van der Waals surface area contributed by atoms with Gasteiger partial charge >= 0.3 is 0 Å². The van der Waals surface area contributed by atoms with Crippen molar-refractivity contribution in [3.05, 3.63) is 35.4 Å². The molecule has 1 aromatic rings. The number of nitrogens with one attached hydrogen (secondary N) is 1. The van der Waals surface area contributed by atoms with Crippen LogP contribution < -0.4 is 5.32 Å². The topological polar surface area (TPSA) is 35.5 Å². The van der Waals surface area contributed by atoms with E-state index < -0.39 is 0 Å². The summed E-state index contributed by atoms with van der Waals surface area (Å²) in [4.78, 5) is 2.51. The van der Waals surface area contributed by atoms with Gasteiger partial charge in [0.15, 0.2) is 0 Å². The van der Waals surface area contributed by atoms with E-state index in [1.165, 1.54) is 11.1 Å². The minimum absolute atomic E-state index is 0.219. The van der Waals surface area contributed by atoms with Gasteiger partial charge in [0.2, 0.25) is 0 Å². The van der Waals surface area contributed by atoms with Crippen LogP contribution in [0.15, 0.2) is 24.3 Å². The zero-order chi connectivity index (χ0) is 11.8. The maximum atomic E-state index is 9.67. The second-order valence-electron chi connectivity index (χ2n) is 5.31. The van der Waals surface area contributed by atoms with Gasteiger partial charge in [-0.1, -0.05) is 24.3 Å². The van der Waals surface area contributed by atoms with Gasteiger partial charge in [-0.3, -0.25) is 4.90 Å². The Kier molecular flexibility index (Phi) is 2.90. The van der Waals surface area contributed by atoms with Crippen LogP contribution in [-0.4, -0.2) is 41.3 Å². The molecule has 2 aliphatic rings. The summed E-state index contributed by atoms with van der Waals surface area (Å²) in [7, 11) is 0. The lowest BCUT2D eigenvalue weighted by molar-refractivity contribution is 0.0523. The van der Waals surface area contributed by atoms with Gasteiger partial charge in [0.25, 0.3) is 0 Å². The molecule has 3 atom stereocenters. The van der Waals surface area contributed by atoms with E-state index in [0.717, 1.165) is 26.1 Å². The summed E-state index contributed by atoms with van der Waals surface area (Å²) in [5, 5.41) is 13.1. The molecule has 3 heteroatoms. The van der Waals surface area contributed by atoms with Crippen LogP contribution in [0.2, 0.25) is 0 Å². The standard InChI is InChI=1S/C14H20N2O/c1-10(17)14-9-16-8-12-5-3-2-4-11(12)6-13(16)7-15-14/h2-5,10,13-15,17H,6-9H2,1H3/t10-,13-,14+/m0/s1. The van der Waals surface area contributed by atoms with E-state index >= 15 is 0 Å². The van der Waals surface area contributed by atoms with Crippen LogP contribution in [0, 0.1) is 0 Å². The molecule has 92 valence electrons. The lowest BCUT2D eigenvalue weighted by Gasteiger charge is -2.44. The van der Waals surface area contributed by atoms with Crippen molar-refractivity contribution in [2.24, 2.45) is 0 Å². The van der Waals surface area contributed by atoms with Crippen molar-refractivity contribution in [2.45, 2.75) is 38.1 Å². The number of piperazine rings is 1. The fourth-order valence-corrected chi connectivity index (χ4v) is 2.98. The molecule has 0 unspecified atom stereocenters. The van der Waals surface area contributed by atoms with E-state index in [1.807, 2.05) is 6.92 Å². The molecule has 0 spiro atoms. The van der Waals surface area contributed by atoms with Crippen LogP contribution in [0.1, 0.15) is 18.1 Å². The molecule has 17 heavy (non-hydrogen) atoms. The molecular weight excluding hydrogens is 212 g/mol. The predicted octanol–water partition coefficient (Wildman–Crippen LogP) is 0.766. The van der Waals surface area contributed by atoms with Crippen LogP contribution >= 0.6 is 0 Å². The molecule has 1 saturated heterocycles. The highest BCUT2D eigenvalue weighted by Crippen LogP contribution is 2.25. The van der Waals surface area contributed by atoms with Crippen LogP contribution in [-0.2, 0) is 13.0 Å². The van der Waals surface area contributed by atoms with Crippen LogP contribution in [0.4, 0.5) is 0 Å². The third-order valence-corrected chi connectivity index (χ3v) is 4.09. The van der Waals surface area contributed by atoms with Gasteiger partial charge in [0, 0.05) is 31.7 Å². The van der Waals surface area contributed by atoms with Gasteiger partial charge in [0.05, 0.1) is 6.10 Å². The van der Waals surface area contributed by atoms with Crippen molar-refractivity contribution in [3.8, 4) is 0 Å². The van der Waals surface area contributed by atoms with E-state index in [9.17, 15) is 5.11 Å². The highest BCUT2D eigenvalue weighted by atomic mass is 16.3. The molecule has 0 aliphatic carbocycles. The van der Waals surface area contributed by atoms with Gasteiger partial charge in [-0.05, 0) is 24.5 Å². The molecule has 2 aliphatic heterocycles. The van der Waals surface area contributed by atoms with Crippen molar-refractivity contribution in [1.82, 2.24) is 10.2 Å². The van der Waals surface area contributed by atoms with Crippen molar-refractivity contribution in [3.63, 3.8) is 0 Å².